The number of hydrogen-bond donors (Lipinski definition) is 0. The molecule has 6 heteroatoms. The third kappa shape index (κ3) is 3.59. The quantitative estimate of drug-likeness (QED) is 0.489. The maximum Gasteiger partial charge on any atom is 0.134 e. The van der Waals surface area contributed by atoms with Crippen LogP contribution in [0.1, 0.15) is 5.56 Å². The van der Waals surface area contributed by atoms with Gasteiger partial charge in [-0.05, 0) is 48.4 Å². The number of anilines is 1. The number of pyridine rings is 1. The SMILES string of the molecule is COc1ccc2occ(CCN3CCN(c4cc(F)cc5cccnc45)CC3)c2c1. The van der Waals surface area contributed by atoms with Gasteiger partial charge in [0.2, 0.25) is 0 Å². The lowest BCUT2D eigenvalue weighted by Gasteiger charge is -2.36. The first kappa shape index (κ1) is 18.9. The van der Waals surface area contributed by atoms with Crippen molar-refractivity contribution in [3.8, 4) is 5.75 Å². The van der Waals surface area contributed by atoms with Crippen LogP contribution in [0.2, 0.25) is 0 Å². The van der Waals surface area contributed by atoms with Crippen LogP contribution < -0.4 is 9.64 Å². The standard InChI is InChI=1S/C24H24FN3O2/c1-29-20-4-5-23-21(15-20)18(16-30-23)6-8-27-9-11-28(12-10-27)22-14-19(25)13-17-3-2-7-26-24(17)22/h2-5,7,13-16H,6,8-12H2,1H3. The molecule has 0 N–H and O–H groups in total. The number of halogens is 1. The summed E-state index contributed by atoms with van der Waals surface area (Å²) in [6, 6.07) is 12.8. The molecule has 0 spiro atoms. The lowest BCUT2D eigenvalue weighted by atomic mass is 10.1. The highest BCUT2D eigenvalue weighted by Crippen LogP contribution is 2.28. The van der Waals surface area contributed by atoms with Crippen LogP contribution >= 0.6 is 0 Å². The van der Waals surface area contributed by atoms with Gasteiger partial charge in [-0.3, -0.25) is 9.88 Å². The van der Waals surface area contributed by atoms with Gasteiger partial charge < -0.3 is 14.1 Å². The van der Waals surface area contributed by atoms with Gasteiger partial charge in [0.1, 0.15) is 17.1 Å². The Morgan fingerprint density at radius 2 is 1.97 bits per heavy atom. The molecular weight excluding hydrogens is 381 g/mol. The number of fused-ring (bicyclic) bond motifs is 2. The van der Waals surface area contributed by atoms with E-state index in [1.54, 1.807) is 25.4 Å². The average molecular weight is 405 g/mol. The summed E-state index contributed by atoms with van der Waals surface area (Å²) >= 11 is 0. The molecule has 0 saturated carbocycles. The molecule has 1 saturated heterocycles. The summed E-state index contributed by atoms with van der Waals surface area (Å²) in [6.07, 6.45) is 4.54. The van der Waals surface area contributed by atoms with Crippen LogP contribution in [-0.4, -0.2) is 49.7 Å². The third-order valence-electron chi connectivity index (χ3n) is 5.92. The second-order valence-corrected chi connectivity index (χ2v) is 7.70. The highest BCUT2D eigenvalue weighted by molar-refractivity contribution is 5.91. The Balaban J connectivity index is 1.25. The lowest BCUT2D eigenvalue weighted by molar-refractivity contribution is 0.261. The Bertz CT molecular complexity index is 1180. The van der Waals surface area contributed by atoms with E-state index in [1.807, 2.05) is 36.6 Å². The van der Waals surface area contributed by atoms with Crippen LogP contribution in [0.3, 0.4) is 0 Å². The first-order chi connectivity index (χ1) is 14.7. The molecule has 4 aromatic rings. The Hall–Kier alpha value is -3.12. The molecule has 0 bridgehead atoms. The largest absolute Gasteiger partial charge is 0.497 e. The number of methoxy groups -OCH3 is 1. The number of hydrogen-bond acceptors (Lipinski definition) is 5. The number of rotatable bonds is 5. The fourth-order valence-electron chi connectivity index (χ4n) is 4.25. The Kier molecular flexibility index (Phi) is 5.01. The first-order valence-electron chi connectivity index (χ1n) is 10.3. The predicted octanol–water partition coefficient (Wildman–Crippen LogP) is 4.49. The molecule has 5 rings (SSSR count). The molecule has 0 atom stereocenters. The van der Waals surface area contributed by atoms with Crippen molar-refractivity contribution in [1.29, 1.82) is 0 Å². The molecule has 0 aliphatic carbocycles. The van der Waals surface area contributed by atoms with Gasteiger partial charge in [-0.25, -0.2) is 4.39 Å². The number of furan rings is 1. The Morgan fingerprint density at radius 1 is 1.10 bits per heavy atom. The number of aromatic nitrogens is 1. The van der Waals surface area contributed by atoms with Crippen molar-refractivity contribution in [2.75, 3.05) is 44.7 Å². The van der Waals surface area contributed by atoms with E-state index in [4.69, 9.17) is 9.15 Å². The summed E-state index contributed by atoms with van der Waals surface area (Å²) in [5.74, 6) is 0.630. The van der Waals surface area contributed by atoms with Crippen molar-refractivity contribution < 1.29 is 13.5 Å². The fourth-order valence-corrected chi connectivity index (χ4v) is 4.25. The van der Waals surface area contributed by atoms with Gasteiger partial charge in [-0.1, -0.05) is 6.07 Å². The van der Waals surface area contributed by atoms with E-state index in [0.717, 1.165) is 72.5 Å². The van der Waals surface area contributed by atoms with Gasteiger partial charge in [-0.15, -0.1) is 0 Å². The normalized spacial score (nSPS) is 15.2. The molecule has 1 aliphatic rings. The second-order valence-electron chi connectivity index (χ2n) is 7.70. The molecule has 0 unspecified atom stereocenters. The minimum absolute atomic E-state index is 0.213. The Labute approximate surface area is 174 Å². The zero-order valence-corrected chi connectivity index (χ0v) is 17.0. The summed E-state index contributed by atoms with van der Waals surface area (Å²) in [5.41, 5.74) is 3.84. The molecule has 154 valence electrons. The van der Waals surface area contributed by atoms with Crippen molar-refractivity contribution in [2.45, 2.75) is 6.42 Å². The summed E-state index contributed by atoms with van der Waals surface area (Å²) in [4.78, 5) is 9.18. The van der Waals surface area contributed by atoms with Crippen LogP contribution in [0.25, 0.3) is 21.9 Å². The van der Waals surface area contributed by atoms with E-state index in [2.05, 4.69) is 14.8 Å². The van der Waals surface area contributed by atoms with E-state index < -0.39 is 0 Å². The average Bonchev–Trinajstić information content (AvgIpc) is 3.19. The second kappa shape index (κ2) is 7.95. The van der Waals surface area contributed by atoms with Crippen LogP contribution in [0.4, 0.5) is 10.1 Å². The highest BCUT2D eigenvalue weighted by Gasteiger charge is 2.20. The molecule has 3 heterocycles. The van der Waals surface area contributed by atoms with E-state index in [9.17, 15) is 4.39 Å². The number of ether oxygens (including phenoxy) is 1. The monoisotopic (exact) mass is 405 g/mol. The zero-order chi connectivity index (χ0) is 20.5. The van der Waals surface area contributed by atoms with E-state index in [0.29, 0.717) is 0 Å². The molecule has 5 nitrogen and oxygen atoms in total. The molecule has 1 fully saturated rings. The fraction of sp³-hybridized carbons (Fsp3) is 0.292. The molecule has 1 aliphatic heterocycles. The van der Waals surface area contributed by atoms with Crippen LogP contribution in [0.5, 0.6) is 5.75 Å². The van der Waals surface area contributed by atoms with Crippen molar-refractivity contribution in [1.82, 2.24) is 9.88 Å². The Morgan fingerprint density at radius 3 is 2.80 bits per heavy atom. The molecule has 30 heavy (non-hydrogen) atoms. The molecule has 2 aromatic heterocycles. The molecule has 0 radical (unpaired) electrons. The van der Waals surface area contributed by atoms with Gasteiger partial charge in [0.15, 0.2) is 0 Å². The number of nitrogens with zero attached hydrogens (tertiary/aromatic N) is 3. The third-order valence-corrected chi connectivity index (χ3v) is 5.92. The predicted molar refractivity (Wildman–Crippen MR) is 117 cm³/mol. The first-order valence-corrected chi connectivity index (χ1v) is 10.3. The minimum Gasteiger partial charge on any atom is -0.497 e. The van der Waals surface area contributed by atoms with E-state index in [-0.39, 0.29) is 5.82 Å². The smallest absolute Gasteiger partial charge is 0.134 e. The summed E-state index contributed by atoms with van der Waals surface area (Å²) in [7, 11) is 1.68. The number of benzene rings is 2. The maximum absolute atomic E-state index is 14.1. The topological polar surface area (TPSA) is 41.7 Å². The van der Waals surface area contributed by atoms with Crippen LogP contribution in [0.15, 0.2) is 59.3 Å². The number of piperazine rings is 1. The van der Waals surface area contributed by atoms with Crippen molar-refractivity contribution in [3.63, 3.8) is 0 Å². The van der Waals surface area contributed by atoms with Crippen molar-refractivity contribution >= 4 is 27.6 Å². The van der Waals surface area contributed by atoms with Gasteiger partial charge in [-0.2, -0.15) is 0 Å². The molecular formula is C24H24FN3O2. The van der Waals surface area contributed by atoms with Gasteiger partial charge >= 0.3 is 0 Å². The van der Waals surface area contributed by atoms with E-state index >= 15 is 0 Å². The van der Waals surface area contributed by atoms with Crippen molar-refractivity contribution in [2.24, 2.45) is 0 Å². The summed E-state index contributed by atoms with van der Waals surface area (Å²) in [5, 5.41) is 1.96. The van der Waals surface area contributed by atoms with Crippen LogP contribution in [0, 0.1) is 5.82 Å². The molecule has 0 amide bonds. The maximum atomic E-state index is 14.1. The minimum atomic E-state index is -0.213. The van der Waals surface area contributed by atoms with E-state index in [1.165, 1.54) is 5.56 Å². The van der Waals surface area contributed by atoms with Gasteiger partial charge in [0.25, 0.3) is 0 Å². The van der Waals surface area contributed by atoms with Gasteiger partial charge in [0.05, 0.1) is 24.6 Å². The summed E-state index contributed by atoms with van der Waals surface area (Å²) < 4.78 is 25.1. The molecule has 2 aromatic carbocycles. The summed E-state index contributed by atoms with van der Waals surface area (Å²) in [6.45, 7) is 4.54. The highest BCUT2D eigenvalue weighted by atomic mass is 19.1. The lowest BCUT2D eigenvalue weighted by Crippen LogP contribution is -2.47. The van der Waals surface area contributed by atoms with Gasteiger partial charge in [0, 0.05) is 49.7 Å². The van der Waals surface area contributed by atoms with Crippen molar-refractivity contribution in [3.05, 3.63) is 66.3 Å². The van der Waals surface area contributed by atoms with Crippen LogP contribution in [-0.2, 0) is 6.42 Å². The zero-order valence-electron chi connectivity index (χ0n) is 17.0.